The molecule has 0 atom stereocenters. The van der Waals surface area contributed by atoms with Gasteiger partial charge >= 0.3 is 12.0 Å². The van der Waals surface area contributed by atoms with E-state index in [9.17, 15) is 23.1 Å². The molecule has 1 aliphatic rings. The van der Waals surface area contributed by atoms with Crippen molar-refractivity contribution in [3.05, 3.63) is 83.9 Å². The van der Waals surface area contributed by atoms with Crippen molar-refractivity contribution < 1.29 is 27.9 Å². The number of hydrogen-bond acceptors (Lipinski definition) is 6. The van der Waals surface area contributed by atoms with E-state index in [1.54, 1.807) is 42.5 Å². The number of ether oxygens (including phenoxy) is 1. The lowest BCUT2D eigenvalue weighted by Crippen LogP contribution is -2.49. The van der Waals surface area contributed by atoms with Crippen molar-refractivity contribution in [1.29, 1.82) is 0 Å². The number of urea groups is 1. The van der Waals surface area contributed by atoms with E-state index in [0.717, 1.165) is 57.1 Å². The van der Waals surface area contributed by atoms with Crippen LogP contribution in [-0.4, -0.2) is 67.3 Å². The number of nitrogens with zero attached hydrogens (tertiary/aromatic N) is 2. The minimum atomic E-state index is -3.33. The molecule has 0 radical (unpaired) electrons. The molecule has 10 nitrogen and oxygen atoms in total. The number of piperidine rings is 1. The molecule has 1 heterocycles. The monoisotopic (exact) mass is 630 g/mol. The lowest BCUT2D eigenvalue weighted by molar-refractivity contribution is 0.0698. The highest BCUT2D eigenvalue weighted by atomic mass is 35.5. The maximum atomic E-state index is 13.3. The van der Waals surface area contributed by atoms with Crippen LogP contribution in [0.4, 0.5) is 16.2 Å². The van der Waals surface area contributed by atoms with Gasteiger partial charge in [-0.25, -0.2) is 18.0 Å². The molecule has 3 aromatic rings. The summed E-state index contributed by atoms with van der Waals surface area (Å²) in [5, 5.41) is 12.3. The molecule has 1 aliphatic heterocycles. The number of halogens is 1. The first-order valence-corrected chi connectivity index (χ1v) is 16.0. The molecule has 0 saturated carbocycles. The van der Waals surface area contributed by atoms with Crippen molar-refractivity contribution in [3.8, 4) is 11.5 Å². The third kappa shape index (κ3) is 10.2. The van der Waals surface area contributed by atoms with Gasteiger partial charge in [0.2, 0.25) is 10.0 Å². The van der Waals surface area contributed by atoms with E-state index >= 15 is 0 Å². The molecule has 2 amide bonds. The number of rotatable bonds is 12. The number of aromatic carboxylic acids is 1. The summed E-state index contributed by atoms with van der Waals surface area (Å²) in [5.41, 5.74) is 2.01. The minimum Gasteiger partial charge on any atom is -0.478 e. The van der Waals surface area contributed by atoms with Crippen molar-refractivity contribution in [2.75, 3.05) is 35.9 Å². The van der Waals surface area contributed by atoms with E-state index < -0.39 is 16.0 Å². The van der Waals surface area contributed by atoms with Crippen molar-refractivity contribution in [2.24, 2.45) is 0 Å². The number of carboxylic acids is 1. The quantitative estimate of drug-likeness (QED) is 0.215. The number of amides is 2. The molecule has 0 aromatic heterocycles. The Morgan fingerprint density at radius 1 is 0.977 bits per heavy atom. The Morgan fingerprint density at radius 2 is 1.58 bits per heavy atom. The fraction of sp³-hybridized carbons (Fsp3) is 0.355. The zero-order chi connectivity index (χ0) is 30.1. The number of anilines is 2. The third-order valence-corrected chi connectivity index (χ3v) is 7.74. The Kier molecular flexibility index (Phi) is 12.2. The number of hydrogen-bond donors (Lipinski definition) is 3. The number of unbranched alkanes of at least 4 members (excludes halogenated alkanes) is 1. The molecule has 1 saturated heterocycles. The van der Waals surface area contributed by atoms with E-state index in [1.165, 1.54) is 6.07 Å². The Balaban J connectivity index is 0.00000506. The lowest BCUT2D eigenvalue weighted by Gasteiger charge is -2.38. The Bertz CT molecular complexity index is 1460. The van der Waals surface area contributed by atoms with Crippen LogP contribution in [0.25, 0.3) is 0 Å². The largest absolute Gasteiger partial charge is 0.478 e. The van der Waals surface area contributed by atoms with Crippen LogP contribution in [0.2, 0.25) is 0 Å². The van der Waals surface area contributed by atoms with Gasteiger partial charge in [0, 0.05) is 37.9 Å². The second-order valence-electron chi connectivity index (χ2n) is 10.5. The number of carbonyl (C=O) groups excluding carboxylic acids is 1. The second-order valence-corrected chi connectivity index (χ2v) is 12.2. The molecule has 0 bridgehead atoms. The summed E-state index contributed by atoms with van der Waals surface area (Å²) in [6.45, 7) is 5.19. The van der Waals surface area contributed by atoms with Crippen LogP contribution in [-0.2, 0) is 16.6 Å². The van der Waals surface area contributed by atoms with Gasteiger partial charge in [-0.1, -0.05) is 37.6 Å². The number of sulfonamides is 1. The van der Waals surface area contributed by atoms with Crippen LogP contribution < -0.4 is 14.8 Å². The van der Waals surface area contributed by atoms with Crippen LogP contribution in [0.5, 0.6) is 11.5 Å². The highest BCUT2D eigenvalue weighted by Gasteiger charge is 2.28. The van der Waals surface area contributed by atoms with E-state index in [0.29, 0.717) is 29.4 Å². The van der Waals surface area contributed by atoms with E-state index in [4.69, 9.17) is 4.74 Å². The fourth-order valence-electron chi connectivity index (χ4n) is 5.00. The van der Waals surface area contributed by atoms with Gasteiger partial charge < -0.3 is 20.1 Å². The number of carbonyl (C=O) groups is 2. The van der Waals surface area contributed by atoms with Gasteiger partial charge in [-0.3, -0.25) is 9.62 Å². The first kappa shape index (κ1) is 33.7. The van der Waals surface area contributed by atoms with Gasteiger partial charge in [0.25, 0.3) is 0 Å². The Morgan fingerprint density at radius 3 is 2.16 bits per heavy atom. The second kappa shape index (κ2) is 15.6. The molecule has 0 spiro atoms. The summed E-state index contributed by atoms with van der Waals surface area (Å²) in [6, 6.07) is 20.9. The van der Waals surface area contributed by atoms with Gasteiger partial charge in [-0.15, -0.1) is 12.4 Å². The molecular weight excluding hydrogens is 592 g/mol. The molecule has 43 heavy (non-hydrogen) atoms. The van der Waals surface area contributed by atoms with Gasteiger partial charge in [-0.05, 0) is 73.4 Å². The topological polar surface area (TPSA) is 128 Å². The molecular formula is C31H39ClN4O6S. The smallest absolute Gasteiger partial charge is 0.337 e. The van der Waals surface area contributed by atoms with Gasteiger partial charge in [-0.2, -0.15) is 0 Å². The maximum Gasteiger partial charge on any atom is 0.337 e. The van der Waals surface area contributed by atoms with Crippen molar-refractivity contribution in [2.45, 2.75) is 45.2 Å². The summed E-state index contributed by atoms with van der Waals surface area (Å²) in [6.07, 6.45) is 4.62. The Labute approximate surface area is 259 Å². The van der Waals surface area contributed by atoms with Crippen molar-refractivity contribution in [3.63, 3.8) is 0 Å². The predicted molar refractivity (Wildman–Crippen MR) is 171 cm³/mol. The molecule has 0 unspecified atom stereocenters. The van der Waals surface area contributed by atoms with E-state index in [2.05, 4.69) is 21.9 Å². The Hall–Kier alpha value is -3.80. The SMILES string of the molecule is CCCCN(C(=O)Nc1ccccc1C(=O)O)C1CCN(Cc2ccc(Oc3ccc(NS(C)(=O)=O)cc3)cc2)CC1.Cl. The van der Waals surface area contributed by atoms with Gasteiger partial charge in [0.05, 0.1) is 17.5 Å². The molecule has 12 heteroatoms. The zero-order valence-corrected chi connectivity index (χ0v) is 26.0. The summed E-state index contributed by atoms with van der Waals surface area (Å²) in [4.78, 5) is 29.1. The predicted octanol–water partition coefficient (Wildman–Crippen LogP) is 6.27. The van der Waals surface area contributed by atoms with E-state index in [1.807, 2.05) is 29.2 Å². The van der Waals surface area contributed by atoms with Crippen molar-refractivity contribution in [1.82, 2.24) is 9.80 Å². The molecule has 3 aromatic carbocycles. The normalized spacial score (nSPS) is 13.9. The van der Waals surface area contributed by atoms with Crippen LogP contribution in [0.1, 0.15) is 48.5 Å². The lowest BCUT2D eigenvalue weighted by atomic mass is 10.0. The van der Waals surface area contributed by atoms with Crippen LogP contribution >= 0.6 is 12.4 Å². The standard InChI is InChI=1S/C31H38N4O6S.ClH/c1-3-4-19-35(31(38)32-29-8-6-5-7-28(29)30(36)37)25-17-20-34(21-18-25)22-23-9-13-26(14-10-23)41-27-15-11-24(12-16-27)33-42(2,39)40;/h5-16,25,33H,3-4,17-22H2,1-2H3,(H,32,38)(H,36,37);1H. The average molecular weight is 631 g/mol. The number of likely N-dealkylation sites (tertiary alicyclic amines) is 1. The first-order chi connectivity index (χ1) is 20.1. The molecule has 0 aliphatic carbocycles. The van der Waals surface area contributed by atoms with Gasteiger partial charge in [0.15, 0.2) is 0 Å². The molecule has 3 N–H and O–H groups in total. The molecule has 4 rings (SSSR count). The summed E-state index contributed by atoms with van der Waals surface area (Å²) >= 11 is 0. The van der Waals surface area contributed by atoms with Crippen LogP contribution in [0, 0.1) is 0 Å². The summed E-state index contributed by atoms with van der Waals surface area (Å²) < 4.78 is 31.1. The summed E-state index contributed by atoms with van der Waals surface area (Å²) in [5.74, 6) is 0.215. The third-order valence-electron chi connectivity index (χ3n) is 7.13. The van der Waals surface area contributed by atoms with E-state index in [-0.39, 0.29) is 30.0 Å². The minimum absolute atomic E-state index is 0. The zero-order valence-electron chi connectivity index (χ0n) is 24.4. The number of benzene rings is 3. The van der Waals surface area contributed by atoms with Crippen molar-refractivity contribution >= 4 is 45.8 Å². The average Bonchev–Trinajstić information content (AvgIpc) is 2.95. The maximum absolute atomic E-state index is 13.3. The number of carboxylic acid groups (broad SMARTS) is 1. The first-order valence-electron chi connectivity index (χ1n) is 14.1. The summed E-state index contributed by atoms with van der Waals surface area (Å²) in [7, 11) is -3.33. The molecule has 232 valence electrons. The number of nitrogens with one attached hydrogen (secondary N) is 2. The number of para-hydroxylation sites is 1. The molecule has 1 fully saturated rings. The highest BCUT2D eigenvalue weighted by molar-refractivity contribution is 7.92. The highest BCUT2D eigenvalue weighted by Crippen LogP contribution is 2.25. The van der Waals surface area contributed by atoms with Crippen LogP contribution in [0.3, 0.4) is 0 Å². The van der Waals surface area contributed by atoms with Gasteiger partial charge in [0.1, 0.15) is 11.5 Å². The van der Waals surface area contributed by atoms with Crippen LogP contribution in [0.15, 0.2) is 72.8 Å². The fourth-order valence-corrected chi connectivity index (χ4v) is 5.56.